The molecule has 1 fully saturated rings. The maximum atomic E-state index is 11.7. The molecule has 1 aromatic carbocycles. The molecule has 0 spiro atoms. The van der Waals surface area contributed by atoms with E-state index in [1.54, 1.807) is 0 Å². The summed E-state index contributed by atoms with van der Waals surface area (Å²) in [7, 11) is 0. The fourth-order valence-electron chi connectivity index (χ4n) is 1.96. The second-order valence-electron chi connectivity index (χ2n) is 4.70. The molecule has 1 aliphatic rings. The molecular formula is C14H21N3O2. The zero-order valence-electron chi connectivity index (χ0n) is 11.3. The van der Waals surface area contributed by atoms with Crippen molar-refractivity contribution in [2.75, 3.05) is 44.7 Å². The monoisotopic (exact) mass is 263 g/mol. The van der Waals surface area contributed by atoms with Crippen LogP contribution in [0.25, 0.3) is 0 Å². The highest BCUT2D eigenvalue weighted by atomic mass is 16.5. The lowest BCUT2D eigenvalue weighted by Gasteiger charge is -2.26. The molecule has 2 rings (SSSR count). The number of ether oxygens (including phenoxy) is 1. The number of anilines is 1. The van der Waals surface area contributed by atoms with Gasteiger partial charge >= 0.3 is 6.03 Å². The minimum atomic E-state index is -0.155. The zero-order valence-corrected chi connectivity index (χ0v) is 11.3. The van der Waals surface area contributed by atoms with Gasteiger partial charge in [-0.15, -0.1) is 0 Å². The Hall–Kier alpha value is -1.59. The predicted molar refractivity (Wildman–Crippen MR) is 75.5 cm³/mol. The van der Waals surface area contributed by atoms with E-state index < -0.39 is 0 Å². The third-order valence-electron chi connectivity index (χ3n) is 3.13. The second-order valence-corrected chi connectivity index (χ2v) is 4.70. The molecule has 19 heavy (non-hydrogen) atoms. The molecule has 0 unspecified atom stereocenters. The van der Waals surface area contributed by atoms with Gasteiger partial charge in [-0.05, 0) is 19.1 Å². The average molecular weight is 263 g/mol. The van der Waals surface area contributed by atoms with E-state index in [4.69, 9.17) is 4.74 Å². The number of hydrogen-bond donors (Lipinski definition) is 2. The van der Waals surface area contributed by atoms with E-state index in [-0.39, 0.29) is 6.03 Å². The molecule has 0 aromatic heterocycles. The van der Waals surface area contributed by atoms with Crippen LogP contribution in [-0.4, -0.2) is 50.3 Å². The van der Waals surface area contributed by atoms with E-state index in [2.05, 4.69) is 15.5 Å². The molecule has 2 N–H and O–H groups in total. The van der Waals surface area contributed by atoms with Crippen LogP contribution in [0.4, 0.5) is 10.5 Å². The summed E-state index contributed by atoms with van der Waals surface area (Å²) in [5.41, 5.74) is 1.99. The zero-order chi connectivity index (χ0) is 13.5. The lowest BCUT2D eigenvalue weighted by atomic mass is 10.2. The summed E-state index contributed by atoms with van der Waals surface area (Å²) in [4.78, 5) is 14.0. The van der Waals surface area contributed by atoms with E-state index in [1.165, 1.54) is 5.56 Å². The summed E-state index contributed by atoms with van der Waals surface area (Å²) in [5, 5.41) is 5.67. The number of amides is 2. The number of hydrogen-bond acceptors (Lipinski definition) is 3. The van der Waals surface area contributed by atoms with E-state index in [1.807, 2.05) is 31.2 Å². The molecule has 0 atom stereocenters. The number of carbonyl (C=O) groups is 1. The van der Waals surface area contributed by atoms with E-state index in [0.29, 0.717) is 6.54 Å². The number of urea groups is 1. The molecule has 0 saturated carbocycles. The summed E-state index contributed by atoms with van der Waals surface area (Å²) in [6.45, 7) is 7.00. The van der Waals surface area contributed by atoms with E-state index in [0.717, 1.165) is 38.5 Å². The first-order valence-corrected chi connectivity index (χ1v) is 6.66. The van der Waals surface area contributed by atoms with Gasteiger partial charge in [-0.3, -0.25) is 4.90 Å². The van der Waals surface area contributed by atoms with Crippen LogP contribution in [0.2, 0.25) is 0 Å². The third-order valence-corrected chi connectivity index (χ3v) is 3.13. The Morgan fingerprint density at radius 3 is 2.63 bits per heavy atom. The Morgan fingerprint density at radius 1 is 1.26 bits per heavy atom. The molecule has 5 heteroatoms. The van der Waals surface area contributed by atoms with Gasteiger partial charge in [-0.1, -0.05) is 17.7 Å². The minimum absolute atomic E-state index is 0.155. The first-order valence-electron chi connectivity index (χ1n) is 6.66. The van der Waals surface area contributed by atoms with Gasteiger partial charge in [0.05, 0.1) is 13.2 Å². The van der Waals surface area contributed by atoms with Crippen LogP contribution in [0.15, 0.2) is 24.3 Å². The Bertz CT molecular complexity index is 400. The maximum absolute atomic E-state index is 11.7. The summed E-state index contributed by atoms with van der Waals surface area (Å²) in [6.07, 6.45) is 0. The van der Waals surface area contributed by atoms with Crippen LogP contribution in [-0.2, 0) is 4.74 Å². The van der Waals surface area contributed by atoms with Crippen molar-refractivity contribution in [3.63, 3.8) is 0 Å². The van der Waals surface area contributed by atoms with Crippen LogP contribution in [0.5, 0.6) is 0 Å². The van der Waals surface area contributed by atoms with Crippen molar-refractivity contribution < 1.29 is 9.53 Å². The van der Waals surface area contributed by atoms with Crippen molar-refractivity contribution >= 4 is 11.7 Å². The first-order chi connectivity index (χ1) is 9.24. The van der Waals surface area contributed by atoms with Gasteiger partial charge in [0.2, 0.25) is 0 Å². The van der Waals surface area contributed by atoms with E-state index in [9.17, 15) is 4.79 Å². The molecule has 2 amide bonds. The van der Waals surface area contributed by atoms with Crippen molar-refractivity contribution in [1.29, 1.82) is 0 Å². The summed E-state index contributed by atoms with van der Waals surface area (Å²) < 4.78 is 5.27. The standard InChI is InChI=1S/C14H21N3O2/c1-12-2-4-13(5-3-12)16-14(18)15-6-7-17-8-10-19-11-9-17/h2-5H,6-11H2,1H3,(H2,15,16,18). The van der Waals surface area contributed by atoms with Gasteiger partial charge in [0.1, 0.15) is 0 Å². The number of rotatable bonds is 4. The molecule has 5 nitrogen and oxygen atoms in total. The summed E-state index contributed by atoms with van der Waals surface area (Å²) in [5.74, 6) is 0. The highest BCUT2D eigenvalue weighted by Gasteiger charge is 2.09. The van der Waals surface area contributed by atoms with Crippen LogP contribution >= 0.6 is 0 Å². The second kappa shape index (κ2) is 7.11. The fourth-order valence-corrected chi connectivity index (χ4v) is 1.96. The lowest BCUT2D eigenvalue weighted by Crippen LogP contribution is -2.42. The SMILES string of the molecule is Cc1ccc(NC(=O)NCCN2CCOCC2)cc1. The molecule has 0 radical (unpaired) electrons. The number of aryl methyl sites for hydroxylation is 1. The van der Waals surface area contributed by atoms with Gasteiger partial charge in [-0.2, -0.15) is 0 Å². The summed E-state index contributed by atoms with van der Waals surface area (Å²) in [6, 6.07) is 7.60. The van der Waals surface area contributed by atoms with Crippen molar-refractivity contribution in [2.24, 2.45) is 0 Å². The fraction of sp³-hybridized carbons (Fsp3) is 0.500. The van der Waals surface area contributed by atoms with Gasteiger partial charge in [0, 0.05) is 31.9 Å². The number of benzene rings is 1. The van der Waals surface area contributed by atoms with E-state index >= 15 is 0 Å². The van der Waals surface area contributed by atoms with Gasteiger partial charge in [-0.25, -0.2) is 4.79 Å². The van der Waals surface area contributed by atoms with Crippen molar-refractivity contribution in [2.45, 2.75) is 6.92 Å². The first kappa shape index (κ1) is 13.8. The van der Waals surface area contributed by atoms with Crippen LogP contribution < -0.4 is 10.6 Å². The molecule has 0 bridgehead atoms. The molecule has 104 valence electrons. The number of nitrogens with one attached hydrogen (secondary N) is 2. The van der Waals surface area contributed by atoms with Crippen LogP contribution in [0.3, 0.4) is 0 Å². The quantitative estimate of drug-likeness (QED) is 0.864. The molecule has 0 aliphatic carbocycles. The Labute approximate surface area is 113 Å². The maximum Gasteiger partial charge on any atom is 0.319 e. The molecule has 1 saturated heterocycles. The van der Waals surface area contributed by atoms with Gasteiger partial charge in [0.25, 0.3) is 0 Å². The van der Waals surface area contributed by atoms with Gasteiger partial charge in [0.15, 0.2) is 0 Å². The highest BCUT2D eigenvalue weighted by Crippen LogP contribution is 2.07. The number of nitrogens with zero attached hydrogens (tertiary/aromatic N) is 1. The van der Waals surface area contributed by atoms with Crippen molar-refractivity contribution in [1.82, 2.24) is 10.2 Å². The Morgan fingerprint density at radius 2 is 1.95 bits per heavy atom. The minimum Gasteiger partial charge on any atom is -0.379 e. The van der Waals surface area contributed by atoms with Gasteiger partial charge < -0.3 is 15.4 Å². The van der Waals surface area contributed by atoms with Crippen molar-refractivity contribution in [3.8, 4) is 0 Å². The molecule has 1 heterocycles. The number of morpholine rings is 1. The highest BCUT2D eigenvalue weighted by molar-refractivity contribution is 5.89. The molecular weight excluding hydrogens is 242 g/mol. The third kappa shape index (κ3) is 4.89. The van der Waals surface area contributed by atoms with Crippen LogP contribution in [0.1, 0.15) is 5.56 Å². The largest absolute Gasteiger partial charge is 0.379 e. The topological polar surface area (TPSA) is 53.6 Å². The smallest absolute Gasteiger partial charge is 0.319 e. The summed E-state index contributed by atoms with van der Waals surface area (Å²) >= 11 is 0. The average Bonchev–Trinajstić information content (AvgIpc) is 2.43. The normalized spacial score (nSPS) is 16.1. The van der Waals surface area contributed by atoms with Crippen molar-refractivity contribution in [3.05, 3.63) is 29.8 Å². The molecule has 1 aliphatic heterocycles. The lowest BCUT2D eigenvalue weighted by molar-refractivity contribution is 0.0388. The predicted octanol–water partition coefficient (Wildman–Crippen LogP) is 1.45. The number of carbonyl (C=O) groups excluding carboxylic acids is 1. The Balaban J connectivity index is 1.65. The Kier molecular flexibility index (Phi) is 5.18. The van der Waals surface area contributed by atoms with Crippen LogP contribution in [0, 0.1) is 6.92 Å². The molecule has 1 aromatic rings.